The van der Waals surface area contributed by atoms with Crippen molar-refractivity contribution in [1.82, 2.24) is 0 Å². The van der Waals surface area contributed by atoms with Crippen LogP contribution in [-0.4, -0.2) is 13.2 Å². The minimum atomic E-state index is 0.537. The molecule has 0 aromatic heterocycles. The standard InChI is InChI=1S/C13H21NO/c1-10-4-5-12(3)13(8-10)15-7-6-11(2)9-14/h4-5,8,11H,6-7,9,14H2,1-3H3. The molecule has 0 saturated carbocycles. The van der Waals surface area contributed by atoms with E-state index in [0.717, 1.165) is 25.3 Å². The lowest BCUT2D eigenvalue weighted by Crippen LogP contribution is -2.14. The van der Waals surface area contributed by atoms with Crippen LogP contribution < -0.4 is 10.5 Å². The van der Waals surface area contributed by atoms with Crippen LogP contribution in [0.5, 0.6) is 5.75 Å². The molecule has 0 saturated heterocycles. The van der Waals surface area contributed by atoms with Crippen LogP contribution in [0.3, 0.4) is 0 Å². The lowest BCUT2D eigenvalue weighted by Gasteiger charge is -2.12. The molecule has 0 heterocycles. The highest BCUT2D eigenvalue weighted by molar-refractivity contribution is 5.35. The molecule has 0 aliphatic rings. The maximum absolute atomic E-state index is 5.73. The summed E-state index contributed by atoms with van der Waals surface area (Å²) in [6.07, 6.45) is 1.02. The minimum Gasteiger partial charge on any atom is -0.493 e. The highest BCUT2D eigenvalue weighted by Gasteiger charge is 2.02. The average Bonchev–Trinajstić information content (AvgIpc) is 2.23. The number of ether oxygens (including phenoxy) is 1. The second-order valence-electron chi connectivity index (χ2n) is 4.25. The monoisotopic (exact) mass is 207 g/mol. The summed E-state index contributed by atoms with van der Waals surface area (Å²) in [6.45, 7) is 7.78. The molecule has 1 aromatic carbocycles. The molecule has 1 rings (SSSR count). The molecule has 0 aliphatic heterocycles. The molecule has 0 radical (unpaired) electrons. The zero-order valence-corrected chi connectivity index (χ0v) is 9.92. The van der Waals surface area contributed by atoms with Gasteiger partial charge in [0, 0.05) is 0 Å². The summed E-state index contributed by atoms with van der Waals surface area (Å²) in [7, 11) is 0. The molecule has 1 unspecified atom stereocenters. The van der Waals surface area contributed by atoms with E-state index in [1.54, 1.807) is 0 Å². The number of hydrogen-bond donors (Lipinski definition) is 1. The zero-order chi connectivity index (χ0) is 11.3. The van der Waals surface area contributed by atoms with Crippen LogP contribution in [0, 0.1) is 19.8 Å². The van der Waals surface area contributed by atoms with Gasteiger partial charge in [-0.05, 0) is 49.9 Å². The molecule has 2 heteroatoms. The maximum Gasteiger partial charge on any atom is 0.122 e. The quantitative estimate of drug-likeness (QED) is 0.805. The van der Waals surface area contributed by atoms with Gasteiger partial charge in [-0.15, -0.1) is 0 Å². The van der Waals surface area contributed by atoms with Crippen molar-refractivity contribution in [2.45, 2.75) is 27.2 Å². The van der Waals surface area contributed by atoms with Crippen molar-refractivity contribution in [2.75, 3.05) is 13.2 Å². The highest BCUT2D eigenvalue weighted by atomic mass is 16.5. The van der Waals surface area contributed by atoms with Crippen LogP contribution in [-0.2, 0) is 0 Å². The molecule has 1 atom stereocenters. The van der Waals surface area contributed by atoms with Gasteiger partial charge in [0.2, 0.25) is 0 Å². The zero-order valence-electron chi connectivity index (χ0n) is 9.92. The van der Waals surface area contributed by atoms with Crippen LogP contribution in [0.4, 0.5) is 0 Å². The van der Waals surface area contributed by atoms with Gasteiger partial charge in [0.05, 0.1) is 6.61 Å². The van der Waals surface area contributed by atoms with Crippen molar-refractivity contribution in [1.29, 1.82) is 0 Å². The van der Waals surface area contributed by atoms with Crippen molar-refractivity contribution >= 4 is 0 Å². The lowest BCUT2D eigenvalue weighted by molar-refractivity contribution is 0.284. The van der Waals surface area contributed by atoms with Gasteiger partial charge >= 0.3 is 0 Å². The number of hydrogen-bond acceptors (Lipinski definition) is 2. The molecule has 2 nitrogen and oxygen atoms in total. The molecule has 15 heavy (non-hydrogen) atoms. The fraction of sp³-hybridized carbons (Fsp3) is 0.538. The third-order valence-corrected chi connectivity index (χ3v) is 2.61. The van der Waals surface area contributed by atoms with Crippen molar-refractivity contribution in [3.8, 4) is 5.75 Å². The van der Waals surface area contributed by atoms with Gasteiger partial charge < -0.3 is 10.5 Å². The molecule has 0 aliphatic carbocycles. The van der Waals surface area contributed by atoms with E-state index < -0.39 is 0 Å². The Morgan fingerprint density at radius 1 is 1.33 bits per heavy atom. The van der Waals surface area contributed by atoms with Crippen LogP contribution in [0.1, 0.15) is 24.5 Å². The third-order valence-electron chi connectivity index (χ3n) is 2.61. The predicted octanol–water partition coefficient (Wildman–Crippen LogP) is 2.67. The van der Waals surface area contributed by atoms with Gasteiger partial charge in [-0.2, -0.15) is 0 Å². The van der Waals surface area contributed by atoms with Gasteiger partial charge in [0.1, 0.15) is 5.75 Å². The summed E-state index contributed by atoms with van der Waals surface area (Å²) in [5, 5.41) is 0. The first-order valence-electron chi connectivity index (χ1n) is 5.53. The van der Waals surface area contributed by atoms with E-state index >= 15 is 0 Å². The first-order chi connectivity index (χ1) is 7.13. The average molecular weight is 207 g/mol. The van der Waals surface area contributed by atoms with Gasteiger partial charge in [0.15, 0.2) is 0 Å². The van der Waals surface area contributed by atoms with E-state index in [1.807, 2.05) is 0 Å². The van der Waals surface area contributed by atoms with Crippen molar-refractivity contribution in [3.05, 3.63) is 29.3 Å². The lowest BCUT2D eigenvalue weighted by atomic mass is 10.1. The molecular formula is C13H21NO. The molecular weight excluding hydrogens is 186 g/mol. The summed E-state index contributed by atoms with van der Waals surface area (Å²) >= 11 is 0. The number of benzene rings is 1. The van der Waals surface area contributed by atoms with Crippen molar-refractivity contribution in [3.63, 3.8) is 0 Å². The van der Waals surface area contributed by atoms with Gasteiger partial charge in [-0.25, -0.2) is 0 Å². The first kappa shape index (κ1) is 12.1. The second kappa shape index (κ2) is 5.76. The fourth-order valence-electron chi connectivity index (χ4n) is 1.35. The summed E-state index contributed by atoms with van der Waals surface area (Å²) in [6, 6.07) is 6.28. The van der Waals surface area contributed by atoms with E-state index in [-0.39, 0.29) is 0 Å². The molecule has 84 valence electrons. The fourth-order valence-corrected chi connectivity index (χ4v) is 1.35. The summed E-state index contributed by atoms with van der Waals surface area (Å²) in [4.78, 5) is 0. The van der Waals surface area contributed by atoms with E-state index in [0.29, 0.717) is 5.92 Å². The van der Waals surface area contributed by atoms with Crippen LogP contribution in [0.15, 0.2) is 18.2 Å². The van der Waals surface area contributed by atoms with E-state index in [2.05, 4.69) is 39.0 Å². The first-order valence-corrected chi connectivity index (χ1v) is 5.53. The molecule has 0 spiro atoms. The Kier molecular flexibility index (Phi) is 4.63. The Morgan fingerprint density at radius 3 is 2.73 bits per heavy atom. The summed E-state index contributed by atoms with van der Waals surface area (Å²) in [5.41, 5.74) is 7.98. The summed E-state index contributed by atoms with van der Waals surface area (Å²) < 4.78 is 5.73. The number of aryl methyl sites for hydroxylation is 2. The molecule has 0 bridgehead atoms. The predicted molar refractivity (Wildman–Crippen MR) is 64.2 cm³/mol. The Morgan fingerprint density at radius 2 is 2.07 bits per heavy atom. The smallest absolute Gasteiger partial charge is 0.122 e. The Balaban J connectivity index is 2.46. The summed E-state index contributed by atoms with van der Waals surface area (Å²) in [5.74, 6) is 1.54. The normalized spacial score (nSPS) is 12.5. The van der Waals surface area contributed by atoms with Crippen molar-refractivity contribution in [2.24, 2.45) is 11.7 Å². The Bertz CT molecular complexity index is 309. The third kappa shape index (κ3) is 3.92. The van der Waals surface area contributed by atoms with E-state index in [9.17, 15) is 0 Å². The molecule has 0 fully saturated rings. The number of nitrogens with two attached hydrogens (primary N) is 1. The number of rotatable bonds is 5. The molecule has 2 N–H and O–H groups in total. The highest BCUT2D eigenvalue weighted by Crippen LogP contribution is 2.19. The second-order valence-corrected chi connectivity index (χ2v) is 4.25. The van der Waals surface area contributed by atoms with Gasteiger partial charge in [-0.1, -0.05) is 19.1 Å². The Hall–Kier alpha value is -1.02. The topological polar surface area (TPSA) is 35.2 Å². The van der Waals surface area contributed by atoms with Crippen LogP contribution in [0.25, 0.3) is 0 Å². The molecule has 0 amide bonds. The van der Waals surface area contributed by atoms with E-state index in [1.165, 1.54) is 11.1 Å². The van der Waals surface area contributed by atoms with Crippen molar-refractivity contribution < 1.29 is 4.74 Å². The van der Waals surface area contributed by atoms with Gasteiger partial charge in [0.25, 0.3) is 0 Å². The SMILES string of the molecule is Cc1ccc(C)c(OCCC(C)CN)c1. The molecule has 1 aromatic rings. The minimum absolute atomic E-state index is 0.537. The van der Waals surface area contributed by atoms with E-state index in [4.69, 9.17) is 10.5 Å². The maximum atomic E-state index is 5.73. The van der Waals surface area contributed by atoms with Gasteiger partial charge in [-0.3, -0.25) is 0 Å². The largest absolute Gasteiger partial charge is 0.493 e. The Labute approximate surface area is 92.4 Å². The van der Waals surface area contributed by atoms with Crippen LogP contribution >= 0.6 is 0 Å². The van der Waals surface area contributed by atoms with Crippen LogP contribution in [0.2, 0.25) is 0 Å².